The Bertz CT molecular complexity index is 473. The fourth-order valence-electron chi connectivity index (χ4n) is 1.33. The molecule has 0 aliphatic rings. The topological polar surface area (TPSA) is 51.8 Å². The molecule has 0 aliphatic heterocycles. The van der Waals surface area contributed by atoms with Gasteiger partial charge in [0.1, 0.15) is 0 Å². The van der Waals surface area contributed by atoms with Crippen LogP contribution in [0.1, 0.15) is 16.8 Å². The summed E-state index contributed by atoms with van der Waals surface area (Å²) in [6, 6.07) is 0. The Morgan fingerprint density at radius 1 is 1.08 bits per heavy atom. The standard InChI is InChI=1S/C9H11N3S/c1-4-5(2)7-8(11-6(4)3)12-9(10)13-7/h1-3H3,(H2,10,11,12). The third-order valence-electron chi connectivity index (χ3n) is 2.35. The second kappa shape index (κ2) is 2.67. The number of fused-ring (bicyclic) bond motifs is 1. The summed E-state index contributed by atoms with van der Waals surface area (Å²) in [7, 11) is 0. The van der Waals surface area contributed by atoms with Gasteiger partial charge in [-0.05, 0) is 31.9 Å². The summed E-state index contributed by atoms with van der Waals surface area (Å²) >= 11 is 1.51. The van der Waals surface area contributed by atoms with Gasteiger partial charge in [0.2, 0.25) is 0 Å². The molecule has 0 unspecified atom stereocenters. The van der Waals surface area contributed by atoms with Crippen LogP contribution in [0.5, 0.6) is 0 Å². The Hall–Kier alpha value is -1.16. The van der Waals surface area contributed by atoms with Gasteiger partial charge in [-0.1, -0.05) is 11.3 Å². The largest absolute Gasteiger partial charge is 0.375 e. The number of thiazole rings is 1. The van der Waals surface area contributed by atoms with Gasteiger partial charge in [-0.3, -0.25) is 0 Å². The Balaban J connectivity index is 2.92. The number of hydrogen-bond acceptors (Lipinski definition) is 4. The van der Waals surface area contributed by atoms with Crippen LogP contribution in [0.4, 0.5) is 5.13 Å². The average Bonchev–Trinajstić information content (AvgIpc) is 2.42. The van der Waals surface area contributed by atoms with Crippen molar-refractivity contribution in [2.75, 3.05) is 5.73 Å². The highest BCUT2D eigenvalue weighted by Crippen LogP contribution is 2.28. The van der Waals surface area contributed by atoms with Gasteiger partial charge in [0.15, 0.2) is 10.8 Å². The molecule has 68 valence electrons. The van der Waals surface area contributed by atoms with Crippen LogP contribution in [0, 0.1) is 20.8 Å². The van der Waals surface area contributed by atoms with E-state index in [4.69, 9.17) is 5.73 Å². The van der Waals surface area contributed by atoms with Crippen LogP contribution < -0.4 is 5.73 Å². The lowest BCUT2D eigenvalue weighted by molar-refractivity contribution is 1.15. The number of aryl methyl sites for hydroxylation is 2. The van der Waals surface area contributed by atoms with Gasteiger partial charge in [-0.25, -0.2) is 9.97 Å². The highest BCUT2D eigenvalue weighted by molar-refractivity contribution is 7.22. The van der Waals surface area contributed by atoms with Crippen LogP contribution in [-0.4, -0.2) is 9.97 Å². The molecule has 2 aromatic heterocycles. The molecule has 3 nitrogen and oxygen atoms in total. The van der Waals surface area contributed by atoms with Gasteiger partial charge in [-0.2, -0.15) is 0 Å². The molecule has 0 aliphatic carbocycles. The molecule has 13 heavy (non-hydrogen) atoms. The van der Waals surface area contributed by atoms with Crippen molar-refractivity contribution in [2.45, 2.75) is 20.8 Å². The zero-order valence-corrected chi connectivity index (χ0v) is 8.70. The van der Waals surface area contributed by atoms with Gasteiger partial charge in [0, 0.05) is 5.69 Å². The molecule has 2 rings (SSSR count). The second-order valence-electron chi connectivity index (χ2n) is 3.15. The smallest absolute Gasteiger partial charge is 0.182 e. The normalized spacial score (nSPS) is 11.0. The zero-order valence-electron chi connectivity index (χ0n) is 7.88. The van der Waals surface area contributed by atoms with Gasteiger partial charge in [0.25, 0.3) is 0 Å². The summed E-state index contributed by atoms with van der Waals surface area (Å²) in [6.45, 7) is 6.16. The Kier molecular flexibility index (Phi) is 1.73. The number of rotatable bonds is 0. The molecule has 0 bridgehead atoms. The molecule has 0 saturated carbocycles. The second-order valence-corrected chi connectivity index (χ2v) is 4.18. The van der Waals surface area contributed by atoms with Crippen LogP contribution in [0.25, 0.3) is 10.3 Å². The first-order chi connectivity index (χ1) is 6.09. The van der Waals surface area contributed by atoms with E-state index in [1.807, 2.05) is 6.92 Å². The fraction of sp³-hybridized carbons (Fsp3) is 0.333. The molecular weight excluding hydrogens is 182 g/mol. The quantitative estimate of drug-likeness (QED) is 0.697. The lowest BCUT2D eigenvalue weighted by atomic mass is 10.1. The minimum absolute atomic E-state index is 0.593. The maximum Gasteiger partial charge on any atom is 0.182 e. The molecule has 4 heteroatoms. The summed E-state index contributed by atoms with van der Waals surface area (Å²) in [4.78, 5) is 8.54. The van der Waals surface area contributed by atoms with Gasteiger partial charge in [0.05, 0.1) is 4.70 Å². The van der Waals surface area contributed by atoms with Crippen molar-refractivity contribution in [1.29, 1.82) is 0 Å². The van der Waals surface area contributed by atoms with Crippen molar-refractivity contribution >= 4 is 26.8 Å². The van der Waals surface area contributed by atoms with Crippen molar-refractivity contribution < 1.29 is 0 Å². The van der Waals surface area contributed by atoms with Crippen LogP contribution in [-0.2, 0) is 0 Å². The lowest BCUT2D eigenvalue weighted by Gasteiger charge is -2.02. The molecule has 0 saturated heterocycles. The van der Waals surface area contributed by atoms with E-state index in [1.165, 1.54) is 22.5 Å². The van der Waals surface area contributed by atoms with E-state index in [1.54, 1.807) is 0 Å². The lowest BCUT2D eigenvalue weighted by Crippen LogP contribution is -1.91. The molecule has 0 amide bonds. The van der Waals surface area contributed by atoms with Crippen LogP contribution in [0.2, 0.25) is 0 Å². The number of nitrogens with zero attached hydrogens (tertiary/aromatic N) is 2. The average molecular weight is 193 g/mol. The summed E-state index contributed by atoms with van der Waals surface area (Å²) < 4.78 is 1.11. The number of nitrogens with two attached hydrogens (primary N) is 1. The highest BCUT2D eigenvalue weighted by atomic mass is 32.1. The maximum absolute atomic E-state index is 5.63. The number of nitrogen functional groups attached to an aromatic ring is 1. The SMILES string of the molecule is Cc1nc2nc(N)sc2c(C)c1C. The monoisotopic (exact) mass is 193 g/mol. The first kappa shape index (κ1) is 8.44. The molecule has 0 spiro atoms. The highest BCUT2D eigenvalue weighted by Gasteiger charge is 2.09. The predicted octanol–water partition coefficient (Wildman–Crippen LogP) is 2.20. The molecule has 0 radical (unpaired) electrons. The molecule has 2 N–H and O–H groups in total. The molecular formula is C9H11N3S. The molecule has 2 aromatic rings. The minimum atomic E-state index is 0.593. The van der Waals surface area contributed by atoms with Crippen LogP contribution in [0.15, 0.2) is 0 Å². The summed E-state index contributed by atoms with van der Waals surface area (Å²) in [5.74, 6) is 0. The molecule has 0 atom stereocenters. The van der Waals surface area contributed by atoms with Crippen molar-refractivity contribution in [2.24, 2.45) is 0 Å². The molecule has 0 aromatic carbocycles. The maximum atomic E-state index is 5.63. The van der Waals surface area contributed by atoms with Crippen LogP contribution >= 0.6 is 11.3 Å². The summed E-state index contributed by atoms with van der Waals surface area (Å²) in [5.41, 5.74) is 9.92. The van der Waals surface area contributed by atoms with E-state index in [0.29, 0.717) is 5.13 Å². The summed E-state index contributed by atoms with van der Waals surface area (Å²) in [5, 5.41) is 0.593. The van der Waals surface area contributed by atoms with Gasteiger partial charge >= 0.3 is 0 Å². The van der Waals surface area contributed by atoms with Gasteiger partial charge in [-0.15, -0.1) is 0 Å². The van der Waals surface area contributed by atoms with Crippen molar-refractivity contribution in [3.63, 3.8) is 0 Å². The number of anilines is 1. The zero-order chi connectivity index (χ0) is 9.59. The Morgan fingerprint density at radius 2 is 1.77 bits per heavy atom. The number of hydrogen-bond donors (Lipinski definition) is 1. The van der Waals surface area contributed by atoms with Crippen molar-refractivity contribution in [3.05, 3.63) is 16.8 Å². The van der Waals surface area contributed by atoms with E-state index < -0.39 is 0 Å². The first-order valence-corrected chi connectivity index (χ1v) is 4.91. The third kappa shape index (κ3) is 1.18. The molecule has 0 fully saturated rings. The first-order valence-electron chi connectivity index (χ1n) is 4.09. The van der Waals surface area contributed by atoms with Crippen LogP contribution in [0.3, 0.4) is 0 Å². The van der Waals surface area contributed by atoms with E-state index in [-0.39, 0.29) is 0 Å². The minimum Gasteiger partial charge on any atom is -0.375 e. The van der Waals surface area contributed by atoms with E-state index in [9.17, 15) is 0 Å². The van der Waals surface area contributed by atoms with Gasteiger partial charge < -0.3 is 5.73 Å². The Labute approximate surface area is 80.6 Å². The third-order valence-corrected chi connectivity index (χ3v) is 3.34. The van der Waals surface area contributed by atoms with Crippen molar-refractivity contribution in [1.82, 2.24) is 9.97 Å². The number of aromatic nitrogens is 2. The van der Waals surface area contributed by atoms with Crippen molar-refractivity contribution in [3.8, 4) is 0 Å². The van der Waals surface area contributed by atoms with E-state index >= 15 is 0 Å². The Morgan fingerprint density at radius 3 is 2.46 bits per heavy atom. The fourth-order valence-corrected chi connectivity index (χ4v) is 2.16. The predicted molar refractivity (Wildman–Crippen MR) is 56.0 cm³/mol. The summed E-state index contributed by atoms with van der Waals surface area (Å²) in [6.07, 6.45) is 0. The van der Waals surface area contributed by atoms with E-state index in [2.05, 4.69) is 23.8 Å². The van der Waals surface area contributed by atoms with E-state index in [0.717, 1.165) is 16.0 Å². The molecule has 2 heterocycles. The number of pyridine rings is 1.